The highest BCUT2D eigenvalue weighted by molar-refractivity contribution is 5.58. The summed E-state index contributed by atoms with van der Waals surface area (Å²) in [6, 6.07) is 12.3. The van der Waals surface area contributed by atoms with Crippen LogP contribution in [0, 0.1) is 0 Å². The van der Waals surface area contributed by atoms with E-state index >= 15 is 0 Å². The fraction of sp³-hybridized carbons (Fsp3) is 0.278. The molecule has 118 valence electrons. The molecule has 2 aromatic heterocycles. The zero-order valence-corrected chi connectivity index (χ0v) is 12.7. The number of nitrogens with one attached hydrogen (secondary N) is 1. The lowest BCUT2D eigenvalue weighted by atomic mass is 9.97. The number of aliphatic hydroxyl groups excluding tert-OH is 1. The molecule has 3 aromatic rings. The Morgan fingerprint density at radius 2 is 2.22 bits per heavy atom. The minimum Gasteiger partial charge on any atom is -0.464 e. The first kappa shape index (κ1) is 14.2. The normalized spacial score (nSPS) is 20.0. The number of nitrogens with zero attached hydrogens (tertiary/aromatic N) is 2. The van der Waals surface area contributed by atoms with Crippen LogP contribution in [0.5, 0.6) is 0 Å². The van der Waals surface area contributed by atoms with E-state index in [4.69, 9.17) is 4.42 Å². The Bertz CT molecular complexity index is 752. The molecule has 0 saturated carbocycles. The van der Waals surface area contributed by atoms with Gasteiger partial charge >= 0.3 is 0 Å². The molecule has 0 aliphatic carbocycles. The maximum absolute atomic E-state index is 9.92. The summed E-state index contributed by atoms with van der Waals surface area (Å²) in [5.74, 6) is 0.860. The number of hydrogen-bond acceptors (Lipinski definition) is 4. The highest BCUT2D eigenvalue weighted by Gasteiger charge is 2.30. The Morgan fingerprint density at radius 3 is 2.91 bits per heavy atom. The molecule has 0 spiro atoms. The van der Waals surface area contributed by atoms with E-state index in [0.717, 1.165) is 29.9 Å². The van der Waals surface area contributed by atoms with Crippen LogP contribution in [0.4, 0.5) is 0 Å². The molecule has 3 heterocycles. The van der Waals surface area contributed by atoms with Gasteiger partial charge < -0.3 is 9.52 Å². The Hall–Kier alpha value is -2.37. The number of benzene rings is 1. The first-order chi connectivity index (χ1) is 11.3. The number of aromatic nitrogens is 2. The molecule has 2 N–H and O–H groups in total. The maximum atomic E-state index is 9.92. The summed E-state index contributed by atoms with van der Waals surface area (Å²) < 4.78 is 5.52. The first-order valence-corrected chi connectivity index (χ1v) is 7.86. The fourth-order valence-electron chi connectivity index (χ4n) is 3.33. The Labute approximate surface area is 134 Å². The van der Waals surface area contributed by atoms with Crippen LogP contribution in [0.15, 0.2) is 59.5 Å². The fourth-order valence-corrected chi connectivity index (χ4v) is 3.33. The van der Waals surface area contributed by atoms with E-state index < -0.39 is 0 Å². The second kappa shape index (κ2) is 6.02. The quantitative estimate of drug-likeness (QED) is 0.778. The van der Waals surface area contributed by atoms with E-state index in [1.165, 1.54) is 5.56 Å². The van der Waals surface area contributed by atoms with Crippen molar-refractivity contribution >= 4 is 0 Å². The van der Waals surface area contributed by atoms with Gasteiger partial charge in [-0.05, 0) is 30.2 Å². The summed E-state index contributed by atoms with van der Waals surface area (Å²) in [5.41, 5.74) is 3.34. The van der Waals surface area contributed by atoms with Crippen molar-refractivity contribution in [3.8, 4) is 11.3 Å². The number of likely N-dealkylation sites (tertiary alicyclic amines) is 1. The molecule has 1 saturated heterocycles. The summed E-state index contributed by atoms with van der Waals surface area (Å²) in [5, 5.41) is 16.9. The molecule has 5 heteroatoms. The lowest BCUT2D eigenvalue weighted by Crippen LogP contribution is -2.28. The van der Waals surface area contributed by atoms with Gasteiger partial charge in [-0.1, -0.05) is 18.2 Å². The summed E-state index contributed by atoms with van der Waals surface area (Å²) in [6.45, 7) is 1.56. The Balaban J connectivity index is 1.73. The number of aliphatic hydroxyl groups is 1. The predicted octanol–water partition coefficient (Wildman–Crippen LogP) is 2.83. The van der Waals surface area contributed by atoms with Gasteiger partial charge in [0.05, 0.1) is 24.6 Å². The Morgan fingerprint density at radius 1 is 1.26 bits per heavy atom. The average molecular weight is 309 g/mol. The molecule has 5 nitrogen and oxygen atoms in total. The average Bonchev–Trinajstić information content (AvgIpc) is 3.30. The highest BCUT2D eigenvalue weighted by atomic mass is 16.3. The highest BCUT2D eigenvalue weighted by Crippen LogP contribution is 2.33. The molecular formula is C18H19N3O2. The number of H-pyrrole nitrogens is 1. The van der Waals surface area contributed by atoms with Crippen molar-refractivity contribution < 1.29 is 9.52 Å². The van der Waals surface area contributed by atoms with Crippen LogP contribution < -0.4 is 0 Å². The maximum Gasteiger partial charge on any atom is 0.133 e. The van der Waals surface area contributed by atoms with E-state index in [2.05, 4.69) is 27.2 Å². The van der Waals surface area contributed by atoms with Gasteiger partial charge in [0.15, 0.2) is 0 Å². The number of furan rings is 1. The van der Waals surface area contributed by atoms with Crippen molar-refractivity contribution in [2.75, 3.05) is 13.1 Å². The van der Waals surface area contributed by atoms with Crippen LogP contribution in [0.1, 0.15) is 23.6 Å². The van der Waals surface area contributed by atoms with Crippen LogP contribution in [0.2, 0.25) is 0 Å². The minimum absolute atomic E-state index is 0.0841. The smallest absolute Gasteiger partial charge is 0.133 e. The summed E-state index contributed by atoms with van der Waals surface area (Å²) in [4.78, 5) is 2.30. The SMILES string of the molecule is OC1CCN(C(c2cn[nH]c2)c2cccc(-c3ccco3)c2)C1. The predicted molar refractivity (Wildman–Crippen MR) is 86.8 cm³/mol. The second-order valence-corrected chi connectivity index (χ2v) is 5.97. The van der Waals surface area contributed by atoms with Gasteiger partial charge in [-0.3, -0.25) is 10.00 Å². The monoisotopic (exact) mass is 309 g/mol. The van der Waals surface area contributed by atoms with Crippen molar-refractivity contribution in [3.05, 3.63) is 66.2 Å². The van der Waals surface area contributed by atoms with Crippen LogP contribution in [-0.2, 0) is 0 Å². The standard InChI is InChI=1S/C18H19N3O2/c22-16-6-7-21(12-16)18(15-10-19-20-11-15)14-4-1-3-13(9-14)17-5-2-8-23-17/h1-5,8-11,16,18,22H,6-7,12H2,(H,19,20). The van der Waals surface area contributed by atoms with E-state index in [9.17, 15) is 5.11 Å². The third-order valence-corrected chi connectivity index (χ3v) is 4.40. The molecule has 23 heavy (non-hydrogen) atoms. The van der Waals surface area contributed by atoms with Crippen LogP contribution in [0.25, 0.3) is 11.3 Å². The van der Waals surface area contributed by atoms with Crippen molar-refractivity contribution in [1.29, 1.82) is 0 Å². The molecule has 0 amide bonds. The van der Waals surface area contributed by atoms with Crippen molar-refractivity contribution in [1.82, 2.24) is 15.1 Å². The molecule has 1 fully saturated rings. The van der Waals surface area contributed by atoms with Gasteiger partial charge in [-0.2, -0.15) is 5.10 Å². The minimum atomic E-state index is -0.252. The number of aromatic amines is 1. The van der Waals surface area contributed by atoms with Crippen molar-refractivity contribution in [2.24, 2.45) is 0 Å². The van der Waals surface area contributed by atoms with E-state index in [-0.39, 0.29) is 12.1 Å². The summed E-state index contributed by atoms with van der Waals surface area (Å²) in [6.07, 6.45) is 6.03. The molecule has 1 aliphatic rings. The lowest BCUT2D eigenvalue weighted by molar-refractivity contribution is 0.167. The lowest BCUT2D eigenvalue weighted by Gasteiger charge is -2.27. The third-order valence-electron chi connectivity index (χ3n) is 4.40. The van der Waals surface area contributed by atoms with Gasteiger partial charge in [-0.25, -0.2) is 0 Å². The molecular weight excluding hydrogens is 290 g/mol. The molecule has 1 aliphatic heterocycles. The number of β-amino-alcohol motifs (C(OH)–C–C–N with tert-alkyl or cyclic N) is 1. The number of rotatable bonds is 4. The van der Waals surface area contributed by atoms with E-state index in [1.54, 1.807) is 6.26 Å². The van der Waals surface area contributed by atoms with E-state index in [1.807, 2.05) is 36.7 Å². The second-order valence-electron chi connectivity index (χ2n) is 5.97. The van der Waals surface area contributed by atoms with Gasteiger partial charge in [0.1, 0.15) is 5.76 Å². The van der Waals surface area contributed by atoms with Crippen LogP contribution >= 0.6 is 0 Å². The molecule has 0 radical (unpaired) electrons. The van der Waals surface area contributed by atoms with Gasteiger partial charge in [0.2, 0.25) is 0 Å². The Kier molecular flexibility index (Phi) is 3.73. The van der Waals surface area contributed by atoms with Crippen molar-refractivity contribution in [3.63, 3.8) is 0 Å². The van der Waals surface area contributed by atoms with Crippen molar-refractivity contribution in [2.45, 2.75) is 18.6 Å². The third kappa shape index (κ3) is 2.81. The van der Waals surface area contributed by atoms with Crippen LogP contribution in [-0.4, -0.2) is 39.4 Å². The topological polar surface area (TPSA) is 65.3 Å². The summed E-state index contributed by atoms with van der Waals surface area (Å²) in [7, 11) is 0. The molecule has 1 aromatic carbocycles. The van der Waals surface area contributed by atoms with E-state index in [0.29, 0.717) is 6.54 Å². The zero-order valence-electron chi connectivity index (χ0n) is 12.7. The van der Waals surface area contributed by atoms with Gasteiger partial charge in [-0.15, -0.1) is 0 Å². The molecule has 0 bridgehead atoms. The largest absolute Gasteiger partial charge is 0.464 e. The first-order valence-electron chi connectivity index (χ1n) is 7.86. The van der Waals surface area contributed by atoms with Gasteiger partial charge in [0, 0.05) is 30.4 Å². The summed E-state index contributed by atoms with van der Waals surface area (Å²) >= 11 is 0. The molecule has 2 atom stereocenters. The molecule has 4 rings (SSSR count). The molecule has 2 unspecified atom stereocenters. The number of hydrogen-bond donors (Lipinski definition) is 2. The zero-order chi connectivity index (χ0) is 15.6. The van der Waals surface area contributed by atoms with Crippen LogP contribution in [0.3, 0.4) is 0 Å². The van der Waals surface area contributed by atoms with Gasteiger partial charge in [0.25, 0.3) is 0 Å².